The van der Waals surface area contributed by atoms with Crippen molar-refractivity contribution >= 4 is 23.0 Å². The third-order valence-electron chi connectivity index (χ3n) is 5.20. The van der Waals surface area contributed by atoms with Crippen LogP contribution in [0.15, 0.2) is 40.9 Å². The van der Waals surface area contributed by atoms with Crippen LogP contribution in [0.1, 0.15) is 35.8 Å². The number of ether oxygens (including phenoxy) is 2. The van der Waals surface area contributed by atoms with Crippen LogP contribution in [-0.2, 0) is 14.4 Å². The second-order valence-corrected chi connectivity index (χ2v) is 8.25. The van der Waals surface area contributed by atoms with Crippen LogP contribution in [0.5, 0.6) is 5.75 Å². The molecule has 1 aliphatic rings. The number of hydrogen-bond donors (Lipinski definition) is 0. The highest BCUT2D eigenvalue weighted by Crippen LogP contribution is 2.23. The second kappa shape index (κ2) is 11.1. The van der Waals surface area contributed by atoms with Crippen molar-refractivity contribution in [1.82, 2.24) is 4.90 Å². The number of rotatable bonds is 9. The van der Waals surface area contributed by atoms with Crippen LogP contribution < -0.4 is 4.74 Å². The smallest absolute Gasteiger partial charge is 0.310 e. The Labute approximate surface area is 182 Å². The number of hydrogen-bond acceptors (Lipinski definition) is 7. The van der Waals surface area contributed by atoms with E-state index >= 15 is 0 Å². The van der Waals surface area contributed by atoms with E-state index in [9.17, 15) is 4.79 Å². The Morgan fingerprint density at radius 3 is 2.93 bits per heavy atom. The van der Waals surface area contributed by atoms with Gasteiger partial charge in [0.25, 0.3) is 0 Å². The summed E-state index contributed by atoms with van der Waals surface area (Å²) in [4.78, 5) is 21.1. The van der Waals surface area contributed by atoms with Gasteiger partial charge in [-0.15, -0.1) is 11.3 Å². The number of methoxy groups -OCH3 is 1. The van der Waals surface area contributed by atoms with Gasteiger partial charge in [-0.2, -0.15) is 0 Å². The first-order valence-electron chi connectivity index (χ1n) is 10.4. The van der Waals surface area contributed by atoms with Crippen molar-refractivity contribution in [3.63, 3.8) is 0 Å². The number of piperidine rings is 1. The molecule has 1 fully saturated rings. The lowest BCUT2D eigenvalue weighted by Crippen LogP contribution is -2.40. The zero-order valence-electron chi connectivity index (χ0n) is 17.9. The van der Waals surface area contributed by atoms with Gasteiger partial charge in [-0.05, 0) is 62.4 Å². The molecule has 0 spiro atoms. The molecule has 7 heteroatoms. The van der Waals surface area contributed by atoms with Crippen LogP contribution >= 0.6 is 11.3 Å². The van der Waals surface area contributed by atoms with Crippen molar-refractivity contribution in [1.29, 1.82) is 0 Å². The number of aryl methyl sites for hydroxylation is 1. The van der Waals surface area contributed by atoms with Gasteiger partial charge in [0.1, 0.15) is 18.1 Å². The lowest BCUT2D eigenvalue weighted by atomic mass is 9.98. The molecule has 1 aromatic heterocycles. The van der Waals surface area contributed by atoms with E-state index in [4.69, 9.17) is 14.3 Å². The summed E-state index contributed by atoms with van der Waals surface area (Å²) in [5.41, 5.74) is 2.93. The summed E-state index contributed by atoms with van der Waals surface area (Å²) < 4.78 is 10.5. The van der Waals surface area contributed by atoms with Crippen molar-refractivity contribution in [2.75, 3.05) is 40.0 Å². The summed E-state index contributed by atoms with van der Waals surface area (Å²) in [6, 6.07) is 9.93. The Hall–Kier alpha value is -2.38. The molecule has 0 saturated carbocycles. The van der Waals surface area contributed by atoms with Gasteiger partial charge in [0.05, 0.1) is 24.5 Å². The highest BCUT2D eigenvalue weighted by molar-refractivity contribution is 7.12. The predicted octanol–water partition coefficient (Wildman–Crippen LogP) is 4.11. The standard InChI is InChI=1S/C23H30N2O4S/c1-4-28-23(26)19-8-6-11-25(16-19)12-13-29-24-21(22-17(2)10-14-30-22)18-7-5-9-20(15-18)27-3/h5,7,9-10,14-15,19H,4,6,8,11-13,16H2,1-3H3/b24-21-/t19-/m1/s1. The Balaban J connectivity index is 1.64. The van der Waals surface area contributed by atoms with Crippen molar-refractivity contribution in [2.45, 2.75) is 26.7 Å². The number of oxime groups is 1. The van der Waals surface area contributed by atoms with E-state index in [2.05, 4.69) is 28.4 Å². The largest absolute Gasteiger partial charge is 0.497 e. The van der Waals surface area contributed by atoms with Gasteiger partial charge in [0.2, 0.25) is 0 Å². The maximum atomic E-state index is 12.0. The molecule has 162 valence electrons. The third kappa shape index (κ3) is 5.83. The molecule has 1 aliphatic heterocycles. The topological polar surface area (TPSA) is 60.4 Å². The van der Waals surface area contributed by atoms with Gasteiger partial charge in [-0.25, -0.2) is 0 Å². The van der Waals surface area contributed by atoms with Gasteiger partial charge in [-0.3, -0.25) is 9.69 Å². The van der Waals surface area contributed by atoms with Crippen LogP contribution in [0, 0.1) is 12.8 Å². The molecule has 2 heterocycles. The van der Waals surface area contributed by atoms with Crippen molar-refractivity contribution in [3.05, 3.63) is 51.7 Å². The number of likely N-dealkylation sites (tertiary alicyclic amines) is 1. The number of carbonyl (C=O) groups excluding carboxylic acids is 1. The molecule has 2 aromatic rings. The molecule has 0 unspecified atom stereocenters. The molecule has 0 aliphatic carbocycles. The average molecular weight is 431 g/mol. The first-order valence-corrected chi connectivity index (χ1v) is 11.3. The lowest BCUT2D eigenvalue weighted by Gasteiger charge is -2.30. The fraction of sp³-hybridized carbons (Fsp3) is 0.478. The summed E-state index contributed by atoms with van der Waals surface area (Å²) in [6.45, 7) is 7.24. The molecule has 30 heavy (non-hydrogen) atoms. The van der Waals surface area contributed by atoms with Gasteiger partial charge < -0.3 is 14.3 Å². The monoisotopic (exact) mass is 430 g/mol. The molecule has 0 bridgehead atoms. The van der Waals surface area contributed by atoms with Crippen LogP contribution in [-0.4, -0.2) is 56.5 Å². The molecule has 1 atom stereocenters. The molecule has 6 nitrogen and oxygen atoms in total. The molecular formula is C23H30N2O4S. The molecule has 1 aromatic carbocycles. The Kier molecular flexibility index (Phi) is 8.28. The summed E-state index contributed by atoms with van der Waals surface area (Å²) >= 11 is 1.65. The fourth-order valence-electron chi connectivity index (χ4n) is 3.60. The first-order chi connectivity index (χ1) is 14.6. The number of nitrogens with zero attached hydrogens (tertiary/aromatic N) is 2. The maximum absolute atomic E-state index is 12.0. The van der Waals surface area contributed by atoms with Crippen molar-refractivity contribution < 1.29 is 19.1 Å². The molecule has 3 rings (SSSR count). The Morgan fingerprint density at radius 1 is 1.33 bits per heavy atom. The van der Waals surface area contributed by atoms with E-state index in [1.54, 1.807) is 18.4 Å². The number of benzene rings is 1. The van der Waals surface area contributed by atoms with E-state index in [1.807, 2.05) is 31.2 Å². The van der Waals surface area contributed by atoms with Crippen molar-refractivity contribution in [3.8, 4) is 5.75 Å². The molecular weight excluding hydrogens is 400 g/mol. The highest BCUT2D eigenvalue weighted by atomic mass is 32.1. The summed E-state index contributed by atoms with van der Waals surface area (Å²) in [5.74, 6) is 0.658. The van der Waals surface area contributed by atoms with Gasteiger partial charge in [-0.1, -0.05) is 17.3 Å². The Bertz CT molecular complexity index is 864. The number of thiophene rings is 1. The van der Waals surface area contributed by atoms with Gasteiger partial charge in [0, 0.05) is 18.7 Å². The van der Waals surface area contributed by atoms with Gasteiger partial charge >= 0.3 is 5.97 Å². The molecule has 0 N–H and O–H groups in total. The highest BCUT2D eigenvalue weighted by Gasteiger charge is 2.26. The SMILES string of the molecule is CCOC(=O)[C@@H]1CCCN(CCO/N=C(/c2cccc(OC)c2)c2sccc2C)C1. The van der Waals surface area contributed by atoms with E-state index in [-0.39, 0.29) is 11.9 Å². The summed E-state index contributed by atoms with van der Waals surface area (Å²) in [6.07, 6.45) is 1.89. The molecule has 1 saturated heterocycles. The molecule has 0 radical (unpaired) electrons. The normalized spacial score (nSPS) is 17.6. The minimum Gasteiger partial charge on any atom is -0.497 e. The fourth-order valence-corrected chi connectivity index (χ4v) is 4.53. The Morgan fingerprint density at radius 2 is 2.20 bits per heavy atom. The lowest BCUT2D eigenvalue weighted by molar-refractivity contribution is -0.150. The first kappa shape index (κ1) is 22.3. The quantitative estimate of drug-likeness (QED) is 0.259. The van der Waals surface area contributed by atoms with E-state index in [0.717, 1.165) is 54.4 Å². The van der Waals surface area contributed by atoms with Crippen LogP contribution in [0.25, 0.3) is 0 Å². The zero-order valence-corrected chi connectivity index (χ0v) is 18.7. The van der Waals surface area contributed by atoms with Crippen molar-refractivity contribution in [2.24, 2.45) is 11.1 Å². The molecule has 0 amide bonds. The predicted molar refractivity (Wildman–Crippen MR) is 119 cm³/mol. The van der Waals surface area contributed by atoms with Crippen LogP contribution in [0.3, 0.4) is 0 Å². The van der Waals surface area contributed by atoms with Crippen LogP contribution in [0.2, 0.25) is 0 Å². The minimum absolute atomic E-state index is 0.0386. The zero-order chi connectivity index (χ0) is 21.3. The third-order valence-corrected chi connectivity index (χ3v) is 6.22. The summed E-state index contributed by atoms with van der Waals surface area (Å²) in [5, 5.41) is 6.55. The van der Waals surface area contributed by atoms with Gasteiger partial charge in [0.15, 0.2) is 0 Å². The van der Waals surface area contributed by atoms with E-state index in [1.165, 1.54) is 5.56 Å². The second-order valence-electron chi connectivity index (χ2n) is 7.33. The number of carbonyl (C=O) groups is 1. The maximum Gasteiger partial charge on any atom is 0.310 e. The minimum atomic E-state index is -0.0883. The summed E-state index contributed by atoms with van der Waals surface area (Å²) in [7, 11) is 1.66. The number of esters is 1. The van der Waals surface area contributed by atoms with E-state index < -0.39 is 0 Å². The van der Waals surface area contributed by atoms with Crippen LogP contribution in [0.4, 0.5) is 0 Å². The van der Waals surface area contributed by atoms with E-state index in [0.29, 0.717) is 13.2 Å². The average Bonchev–Trinajstić information content (AvgIpc) is 3.19.